The number of sulfonamides is 1. The Morgan fingerprint density at radius 2 is 2.06 bits per heavy atom. The van der Waals surface area contributed by atoms with E-state index < -0.39 is 15.3 Å². The lowest BCUT2D eigenvalue weighted by Crippen LogP contribution is -2.35. The normalized spacial score (nSPS) is 21.4. The van der Waals surface area contributed by atoms with Crippen molar-refractivity contribution >= 4 is 10.0 Å². The standard InChI is InChI=1S/C11H17N3O3S/c1-9(2)18(15,16)14-7-4-10(8-14)17-11-12-5-3-6-13-11/h3,5-6,9-10H,4,7-8H2,1-2H3/t10-/m0/s1. The van der Waals surface area contributed by atoms with Gasteiger partial charge in [0.25, 0.3) is 0 Å². The highest BCUT2D eigenvalue weighted by Crippen LogP contribution is 2.19. The molecule has 1 saturated heterocycles. The molecule has 100 valence electrons. The highest BCUT2D eigenvalue weighted by molar-refractivity contribution is 7.89. The molecule has 0 spiro atoms. The van der Waals surface area contributed by atoms with Crippen LogP contribution in [0.25, 0.3) is 0 Å². The lowest BCUT2D eigenvalue weighted by Gasteiger charge is -2.18. The van der Waals surface area contributed by atoms with Crippen LogP contribution in [-0.2, 0) is 10.0 Å². The van der Waals surface area contributed by atoms with Crippen LogP contribution in [0.3, 0.4) is 0 Å². The van der Waals surface area contributed by atoms with Crippen LogP contribution in [0.15, 0.2) is 18.5 Å². The first-order chi connectivity index (χ1) is 8.50. The van der Waals surface area contributed by atoms with Gasteiger partial charge in [0.1, 0.15) is 6.10 Å². The summed E-state index contributed by atoms with van der Waals surface area (Å²) < 4.78 is 31.0. The Labute approximate surface area is 107 Å². The smallest absolute Gasteiger partial charge is 0.316 e. The minimum absolute atomic E-state index is 0.166. The lowest BCUT2D eigenvalue weighted by atomic mass is 10.3. The Hall–Kier alpha value is -1.21. The summed E-state index contributed by atoms with van der Waals surface area (Å²) in [5.74, 6) is 0. The average molecular weight is 271 g/mol. The third-order valence-electron chi connectivity index (χ3n) is 2.88. The molecule has 18 heavy (non-hydrogen) atoms. The quantitative estimate of drug-likeness (QED) is 0.804. The number of hydrogen-bond acceptors (Lipinski definition) is 5. The van der Waals surface area contributed by atoms with Gasteiger partial charge in [-0.2, -0.15) is 4.31 Å². The fraction of sp³-hybridized carbons (Fsp3) is 0.636. The van der Waals surface area contributed by atoms with Crippen molar-refractivity contribution in [3.63, 3.8) is 0 Å². The minimum Gasteiger partial charge on any atom is -0.459 e. The maximum atomic E-state index is 12.0. The molecule has 1 aromatic heterocycles. The third kappa shape index (κ3) is 2.78. The van der Waals surface area contributed by atoms with Crippen molar-refractivity contribution in [2.24, 2.45) is 0 Å². The predicted octanol–water partition coefficient (Wildman–Crippen LogP) is 0.668. The monoisotopic (exact) mass is 271 g/mol. The molecule has 1 atom stereocenters. The van der Waals surface area contributed by atoms with E-state index in [2.05, 4.69) is 9.97 Å². The second kappa shape index (κ2) is 5.19. The highest BCUT2D eigenvalue weighted by Gasteiger charge is 2.34. The molecule has 2 rings (SSSR count). The van der Waals surface area contributed by atoms with E-state index in [1.54, 1.807) is 32.3 Å². The Morgan fingerprint density at radius 1 is 1.39 bits per heavy atom. The molecular weight excluding hydrogens is 254 g/mol. The predicted molar refractivity (Wildman–Crippen MR) is 66.7 cm³/mol. The molecule has 0 N–H and O–H groups in total. The van der Waals surface area contributed by atoms with Gasteiger partial charge in [0, 0.05) is 18.9 Å². The van der Waals surface area contributed by atoms with Crippen molar-refractivity contribution < 1.29 is 13.2 Å². The Kier molecular flexibility index (Phi) is 3.82. The maximum absolute atomic E-state index is 12.0. The highest BCUT2D eigenvalue weighted by atomic mass is 32.2. The molecule has 6 nitrogen and oxygen atoms in total. The van der Waals surface area contributed by atoms with Crippen molar-refractivity contribution in [1.82, 2.24) is 14.3 Å². The summed E-state index contributed by atoms with van der Waals surface area (Å²) in [4.78, 5) is 7.93. The Bertz CT molecular complexity index is 490. The van der Waals surface area contributed by atoms with Gasteiger partial charge in [0.2, 0.25) is 10.0 Å². The summed E-state index contributed by atoms with van der Waals surface area (Å²) in [5, 5.41) is -0.399. The summed E-state index contributed by atoms with van der Waals surface area (Å²) in [7, 11) is -3.19. The van der Waals surface area contributed by atoms with E-state index in [9.17, 15) is 8.42 Å². The van der Waals surface area contributed by atoms with Gasteiger partial charge < -0.3 is 4.74 Å². The number of nitrogens with zero attached hydrogens (tertiary/aromatic N) is 3. The Balaban J connectivity index is 1.97. The van der Waals surface area contributed by atoms with Crippen LogP contribution in [0.2, 0.25) is 0 Å². The van der Waals surface area contributed by atoms with Gasteiger partial charge in [-0.05, 0) is 26.3 Å². The molecule has 1 aromatic rings. The number of ether oxygens (including phenoxy) is 1. The van der Waals surface area contributed by atoms with Crippen LogP contribution >= 0.6 is 0 Å². The molecule has 2 heterocycles. The van der Waals surface area contributed by atoms with Crippen LogP contribution < -0.4 is 4.74 Å². The fourth-order valence-electron chi connectivity index (χ4n) is 1.82. The second-order valence-corrected chi connectivity index (χ2v) is 7.00. The summed E-state index contributed by atoms with van der Waals surface area (Å²) in [6, 6.07) is 2.00. The summed E-state index contributed by atoms with van der Waals surface area (Å²) in [6.45, 7) is 4.24. The van der Waals surface area contributed by atoms with Gasteiger partial charge >= 0.3 is 6.01 Å². The third-order valence-corrected chi connectivity index (χ3v) is 5.12. The van der Waals surface area contributed by atoms with Gasteiger partial charge in [-0.1, -0.05) is 0 Å². The summed E-state index contributed by atoms with van der Waals surface area (Å²) in [5.41, 5.74) is 0. The Morgan fingerprint density at radius 3 is 2.67 bits per heavy atom. The van der Waals surface area contributed by atoms with Gasteiger partial charge in [0.15, 0.2) is 0 Å². The zero-order chi connectivity index (χ0) is 13.2. The number of hydrogen-bond donors (Lipinski definition) is 0. The molecule has 0 radical (unpaired) electrons. The van der Waals surface area contributed by atoms with Crippen molar-refractivity contribution in [2.45, 2.75) is 31.6 Å². The van der Waals surface area contributed by atoms with Crippen LogP contribution in [0.5, 0.6) is 6.01 Å². The zero-order valence-corrected chi connectivity index (χ0v) is 11.3. The molecule has 0 bridgehead atoms. The molecule has 0 saturated carbocycles. The zero-order valence-electron chi connectivity index (χ0n) is 10.5. The molecule has 0 unspecified atom stereocenters. The van der Waals surface area contributed by atoms with Gasteiger partial charge in [-0.15, -0.1) is 0 Å². The number of rotatable bonds is 4. The largest absolute Gasteiger partial charge is 0.459 e. The molecule has 0 aromatic carbocycles. The van der Waals surface area contributed by atoms with Gasteiger partial charge in [-0.25, -0.2) is 18.4 Å². The van der Waals surface area contributed by atoms with E-state index in [1.165, 1.54) is 4.31 Å². The topological polar surface area (TPSA) is 72.4 Å². The summed E-state index contributed by atoms with van der Waals surface area (Å²) in [6.07, 6.45) is 3.70. The molecule has 1 aliphatic heterocycles. The van der Waals surface area contributed by atoms with Crippen molar-refractivity contribution in [2.75, 3.05) is 13.1 Å². The van der Waals surface area contributed by atoms with E-state index in [1.807, 2.05) is 0 Å². The number of aromatic nitrogens is 2. The molecule has 0 amide bonds. The maximum Gasteiger partial charge on any atom is 0.316 e. The van der Waals surface area contributed by atoms with E-state index in [0.29, 0.717) is 25.5 Å². The molecule has 0 aliphatic carbocycles. The van der Waals surface area contributed by atoms with Gasteiger partial charge in [-0.3, -0.25) is 0 Å². The molecular formula is C11H17N3O3S. The molecule has 7 heteroatoms. The van der Waals surface area contributed by atoms with Crippen LogP contribution in [0.4, 0.5) is 0 Å². The lowest BCUT2D eigenvalue weighted by molar-refractivity contribution is 0.197. The molecule has 1 fully saturated rings. The first-order valence-electron chi connectivity index (χ1n) is 5.93. The SMILES string of the molecule is CC(C)S(=O)(=O)N1CC[C@H](Oc2ncccn2)C1. The first-order valence-corrected chi connectivity index (χ1v) is 7.43. The van der Waals surface area contributed by atoms with E-state index in [-0.39, 0.29) is 6.10 Å². The van der Waals surface area contributed by atoms with E-state index >= 15 is 0 Å². The molecule has 1 aliphatic rings. The van der Waals surface area contributed by atoms with Crippen LogP contribution in [-0.4, -0.2) is 47.1 Å². The van der Waals surface area contributed by atoms with Crippen molar-refractivity contribution in [3.05, 3.63) is 18.5 Å². The second-order valence-electron chi connectivity index (χ2n) is 4.51. The fourth-order valence-corrected chi connectivity index (χ4v) is 3.15. The van der Waals surface area contributed by atoms with Crippen molar-refractivity contribution in [3.8, 4) is 6.01 Å². The van der Waals surface area contributed by atoms with Crippen LogP contribution in [0.1, 0.15) is 20.3 Å². The average Bonchev–Trinajstić information content (AvgIpc) is 2.79. The first kappa shape index (κ1) is 13.2. The van der Waals surface area contributed by atoms with E-state index in [0.717, 1.165) is 0 Å². The van der Waals surface area contributed by atoms with E-state index in [4.69, 9.17) is 4.74 Å². The van der Waals surface area contributed by atoms with Crippen LogP contribution in [0, 0.1) is 0 Å². The van der Waals surface area contributed by atoms with Crippen molar-refractivity contribution in [1.29, 1.82) is 0 Å². The van der Waals surface area contributed by atoms with Gasteiger partial charge in [0.05, 0.1) is 11.8 Å². The summed E-state index contributed by atoms with van der Waals surface area (Å²) >= 11 is 0. The minimum atomic E-state index is -3.19.